The van der Waals surface area contributed by atoms with E-state index in [-0.39, 0.29) is 0 Å². The highest BCUT2D eigenvalue weighted by Gasteiger charge is 2.41. The van der Waals surface area contributed by atoms with Crippen molar-refractivity contribution in [2.45, 2.75) is 32.6 Å². The highest BCUT2D eigenvalue weighted by atomic mass is 15.1. The van der Waals surface area contributed by atoms with Crippen LogP contribution < -0.4 is 5.32 Å². The maximum atomic E-state index is 9.23. The second kappa shape index (κ2) is 5.09. The topological polar surface area (TPSA) is 61.6 Å². The number of nitrogens with one attached hydrogen (secondary N) is 1. The highest BCUT2D eigenvalue weighted by molar-refractivity contribution is 5.92. The quantitative estimate of drug-likeness (QED) is 0.899. The van der Waals surface area contributed by atoms with Crippen LogP contribution in [0.25, 0.3) is 10.9 Å². The van der Waals surface area contributed by atoms with Crippen molar-refractivity contribution in [3.63, 3.8) is 0 Å². The van der Waals surface area contributed by atoms with Gasteiger partial charge >= 0.3 is 0 Å². The maximum absolute atomic E-state index is 9.23. The Morgan fingerprint density at radius 1 is 1.30 bits per heavy atom. The molecule has 0 spiro atoms. The molecule has 1 aromatic carbocycles. The molecule has 0 saturated heterocycles. The van der Waals surface area contributed by atoms with Crippen LogP contribution in [0.5, 0.6) is 0 Å². The zero-order valence-corrected chi connectivity index (χ0v) is 11.7. The Bertz CT molecular complexity index is 668. The minimum atomic E-state index is 0.385. The molecule has 4 nitrogen and oxygen atoms in total. The molecule has 0 unspecified atom stereocenters. The number of aromatic nitrogens is 2. The molecular weight excluding hydrogens is 248 g/mol. The lowest BCUT2D eigenvalue weighted by atomic mass is 10.0. The lowest BCUT2D eigenvalue weighted by Crippen LogP contribution is -2.16. The third kappa shape index (κ3) is 2.32. The third-order valence-electron chi connectivity index (χ3n) is 4.15. The first-order valence-electron chi connectivity index (χ1n) is 7.17. The molecule has 1 aromatic heterocycles. The molecule has 20 heavy (non-hydrogen) atoms. The maximum Gasteiger partial charge on any atom is 0.186 e. The van der Waals surface area contributed by atoms with Gasteiger partial charge in [0.2, 0.25) is 0 Å². The fraction of sp³-hybridized carbons (Fsp3) is 0.438. The number of nitrogens with zero attached hydrogens (tertiary/aromatic N) is 3. The van der Waals surface area contributed by atoms with Gasteiger partial charge in [-0.15, -0.1) is 10.2 Å². The van der Waals surface area contributed by atoms with Crippen LogP contribution in [0.3, 0.4) is 0 Å². The van der Waals surface area contributed by atoms with Gasteiger partial charge in [-0.3, -0.25) is 0 Å². The van der Waals surface area contributed by atoms with Crippen LogP contribution in [0.1, 0.15) is 38.3 Å². The Balaban J connectivity index is 1.92. The summed E-state index contributed by atoms with van der Waals surface area (Å²) < 4.78 is 0. The van der Waals surface area contributed by atoms with Crippen LogP contribution in [-0.2, 0) is 0 Å². The first kappa shape index (κ1) is 12.9. The van der Waals surface area contributed by atoms with Gasteiger partial charge in [0, 0.05) is 11.9 Å². The largest absolute Gasteiger partial charge is 0.382 e. The van der Waals surface area contributed by atoms with Crippen LogP contribution >= 0.6 is 0 Å². The highest BCUT2D eigenvalue weighted by Crippen LogP contribution is 2.49. The van der Waals surface area contributed by atoms with Crippen LogP contribution in [0.4, 0.5) is 5.69 Å². The number of hydrogen-bond acceptors (Lipinski definition) is 4. The Morgan fingerprint density at radius 2 is 2.10 bits per heavy atom. The molecule has 2 aromatic rings. The average Bonchev–Trinajstić information content (AvgIpc) is 3.25. The molecule has 4 heteroatoms. The molecule has 1 aliphatic carbocycles. The standard InChI is InChI=1S/C16H18N4/c1-2-7-16(8-9-16)11-18-15-12-5-3-4-6-13(12)19-20-14(15)10-17/h3-6H,2,7-9,11H2,1H3,(H,18,19). The smallest absolute Gasteiger partial charge is 0.186 e. The van der Waals surface area contributed by atoms with Crippen molar-refractivity contribution in [2.75, 3.05) is 11.9 Å². The van der Waals surface area contributed by atoms with Gasteiger partial charge < -0.3 is 5.32 Å². The molecule has 3 rings (SSSR count). The summed E-state index contributed by atoms with van der Waals surface area (Å²) in [5.74, 6) is 0. The molecule has 1 saturated carbocycles. The molecule has 0 radical (unpaired) electrons. The summed E-state index contributed by atoms with van der Waals surface area (Å²) in [6, 6.07) is 9.96. The zero-order valence-electron chi connectivity index (χ0n) is 11.7. The minimum absolute atomic E-state index is 0.385. The summed E-state index contributed by atoms with van der Waals surface area (Å²) in [4.78, 5) is 0. The van der Waals surface area contributed by atoms with Crippen LogP contribution in [0, 0.1) is 16.7 Å². The Labute approximate surface area is 118 Å². The van der Waals surface area contributed by atoms with Crippen LogP contribution in [0.15, 0.2) is 24.3 Å². The van der Waals surface area contributed by atoms with E-state index in [2.05, 4.69) is 28.5 Å². The monoisotopic (exact) mass is 266 g/mol. The lowest BCUT2D eigenvalue weighted by Gasteiger charge is -2.17. The summed E-state index contributed by atoms with van der Waals surface area (Å²) in [6.45, 7) is 3.15. The lowest BCUT2D eigenvalue weighted by molar-refractivity contribution is 0.486. The summed E-state index contributed by atoms with van der Waals surface area (Å²) in [7, 11) is 0. The molecule has 0 bridgehead atoms. The Morgan fingerprint density at radius 3 is 2.80 bits per heavy atom. The molecule has 1 heterocycles. The van der Waals surface area contributed by atoms with Crippen molar-refractivity contribution in [2.24, 2.45) is 5.41 Å². The van der Waals surface area contributed by atoms with Crippen molar-refractivity contribution in [3.05, 3.63) is 30.0 Å². The summed E-state index contributed by atoms with van der Waals surface area (Å²) in [5.41, 5.74) is 2.48. The van der Waals surface area contributed by atoms with Crippen molar-refractivity contribution in [1.29, 1.82) is 5.26 Å². The zero-order chi connectivity index (χ0) is 14.0. The molecule has 1 N–H and O–H groups in total. The molecule has 0 aliphatic heterocycles. The number of anilines is 1. The van der Waals surface area contributed by atoms with Gasteiger partial charge in [-0.05, 0) is 30.7 Å². The minimum Gasteiger partial charge on any atom is -0.382 e. The van der Waals surface area contributed by atoms with E-state index in [4.69, 9.17) is 0 Å². The van der Waals surface area contributed by atoms with E-state index in [1.165, 1.54) is 25.7 Å². The second-order valence-corrected chi connectivity index (χ2v) is 5.66. The summed E-state index contributed by atoms with van der Waals surface area (Å²) in [5, 5.41) is 21.8. The van der Waals surface area contributed by atoms with Crippen molar-refractivity contribution in [1.82, 2.24) is 10.2 Å². The molecule has 1 fully saturated rings. The Kier molecular flexibility index (Phi) is 3.27. The summed E-state index contributed by atoms with van der Waals surface area (Å²) >= 11 is 0. The first-order chi connectivity index (χ1) is 9.78. The van der Waals surface area contributed by atoms with E-state index < -0.39 is 0 Å². The van der Waals surface area contributed by atoms with Gasteiger partial charge in [-0.1, -0.05) is 31.5 Å². The normalized spacial score (nSPS) is 15.8. The number of hydrogen-bond donors (Lipinski definition) is 1. The number of benzene rings is 1. The van der Waals surface area contributed by atoms with E-state index in [0.29, 0.717) is 11.1 Å². The fourth-order valence-electron chi connectivity index (χ4n) is 2.81. The number of nitriles is 1. The van der Waals surface area contributed by atoms with Crippen molar-refractivity contribution < 1.29 is 0 Å². The number of rotatable bonds is 5. The van der Waals surface area contributed by atoms with Gasteiger partial charge in [0.05, 0.1) is 11.2 Å². The van der Waals surface area contributed by atoms with Gasteiger partial charge in [0.25, 0.3) is 0 Å². The predicted octanol–water partition coefficient (Wildman–Crippen LogP) is 3.49. The van der Waals surface area contributed by atoms with Crippen molar-refractivity contribution >= 4 is 16.6 Å². The van der Waals surface area contributed by atoms with E-state index in [1.807, 2.05) is 24.3 Å². The van der Waals surface area contributed by atoms with Crippen molar-refractivity contribution in [3.8, 4) is 6.07 Å². The van der Waals surface area contributed by atoms with Gasteiger partial charge in [0.1, 0.15) is 6.07 Å². The first-order valence-corrected chi connectivity index (χ1v) is 7.17. The van der Waals surface area contributed by atoms with E-state index >= 15 is 0 Å². The van der Waals surface area contributed by atoms with Gasteiger partial charge in [-0.2, -0.15) is 5.26 Å². The Hall–Kier alpha value is -2.15. The van der Waals surface area contributed by atoms with Crippen LogP contribution in [-0.4, -0.2) is 16.7 Å². The van der Waals surface area contributed by atoms with Gasteiger partial charge in [0.15, 0.2) is 5.69 Å². The SMILES string of the molecule is CCCC1(CNc2c(C#N)nnc3ccccc23)CC1. The number of fused-ring (bicyclic) bond motifs is 1. The molecule has 0 amide bonds. The molecule has 0 atom stereocenters. The molecular formula is C16H18N4. The van der Waals surface area contributed by atoms with Crippen LogP contribution in [0.2, 0.25) is 0 Å². The molecule has 102 valence electrons. The van der Waals surface area contributed by atoms with E-state index in [0.717, 1.165) is 23.1 Å². The van der Waals surface area contributed by atoms with E-state index in [9.17, 15) is 5.26 Å². The predicted molar refractivity (Wildman–Crippen MR) is 79.3 cm³/mol. The second-order valence-electron chi connectivity index (χ2n) is 5.66. The molecule has 1 aliphatic rings. The average molecular weight is 266 g/mol. The summed E-state index contributed by atoms with van der Waals surface area (Å²) in [6.07, 6.45) is 5.03. The third-order valence-corrected chi connectivity index (χ3v) is 4.15. The van der Waals surface area contributed by atoms with E-state index in [1.54, 1.807) is 0 Å². The van der Waals surface area contributed by atoms with Gasteiger partial charge in [-0.25, -0.2) is 0 Å². The fourth-order valence-corrected chi connectivity index (χ4v) is 2.81.